The van der Waals surface area contributed by atoms with Crippen LogP contribution in [-0.4, -0.2) is 33.8 Å². The molecular formula is C15H19N3O2. The summed E-state index contributed by atoms with van der Waals surface area (Å²) in [5.74, 6) is -0.107. The summed E-state index contributed by atoms with van der Waals surface area (Å²) in [6, 6.07) is 1.54. The van der Waals surface area contributed by atoms with Crippen LogP contribution >= 0.6 is 0 Å². The minimum atomic E-state index is -0.427. The highest BCUT2D eigenvalue weighted by Gasteiger charge is 2.43. The van der Waals surface area contributed by atoms with Crippen LogP contribution in [0.1, 0.15) is 37.7 Å². The number of amides is 2. The van der Waals surface area contributed by atoms with Crippen molar-refractivity contribution >= 4 is 17.5 Å². The molecule has 1 N–H and O–H groups in total. The first-order valence-electron chi connectivity index (χ1n) is 7.20. The summed E-state index contributed by atoms with van der Waals surface area (Å²) in [4.78, 5) is 30.1. The Bertz CT molecular complexity index is 538. The molecule has 2 fully saturated rings. The first-order chi connectivity index (χ1) is 9.66. The van der Waals surface area contributed by atoms with Crippen molar-refractivity contribution in [1.29, 1.82) is 0 Å². The zero-order valence-electron chi connectivity index (χ0n) is 11.6. The number of hydrogen-bond donors (Lipinski definition) is 1. The van der Waals surface area contributed by atoms with Crippen LogP contribution in [0.2, 0.25) is 0 Å². The van der Waals surface area contributed by atoms with Crippen molar-refractivity contribution in [2.45, 2.75) is 51.1 Å². The number of aromatic nitrogens is 1. The highest BCUT2D eigenvalue weighted by Crippen LogP contribution is 2.29. The molecule has 0 aromatic carbocycles. The molecule has 0 radical (unpaired) electrons. The van der Waals surface area contributed by atoms with Crippen molar-refractivity contribution in [1.82, 2.24) is 9.88 Å². The van der Waals surface area contributed by atoms with E-state index in [1.165, 1.54) is 4.90 Å². The summed E-state index contributed by atoms with van der Waals surface area (Å²) in [5, 5.41) is 3.19. The van der Waals surface area contributed by atoms with Crippen molar-refractivity contribution in [3.05, 3.63) is 24.0 Å². The molecule has 1 aromatic heterocycles. The van der Waals surface area contributed by atoms with Crippen LogP contribution in [0, 0.1) is 6.92 Å². The molecule has 20 heavy (non-hydrogen) atoms. The van der Waals surface area contributed by atoms with Gasteiger partial charge in [0.1, 0.15) is 6.04 Å². The average molecular weight is 273 g/mol. The molecule has 5 nitrogen and oxygen atoms in total. The smallest absolute Gasteiger partial charge is 0.252 e. The van der Waals surface area contributed by atoms with Crippen LogP contribution in [0.5, 0.6) is 0 Å². The van der Waals surface area contributed by atoms with E-state index in [9.17, 15) is 9.59 Å². The second-order valence-corrected chi connectivity index (χ2v) is 5.63. The van der Waals surface area contributed by atoms with Gasteiger partial charge in [-0.25, -0.2) is 0 Å². The third kappa shape index (κ3) is 2.28. The van der Waals surface area contributed by atoms with E-state index in [-0.39, 0.29) is 24.3 Å². The number of aryl methyl sites for hydroxylation is 1. The quantitative estimate of drug-likeness (QED) is 0.854. The Balaban J connectivity index is 1.74. The number of nitrogens with one attached hydrogen (secondary N) is 1. The summed E-state index contributed by atoms with van der Waals surface area (Å²) in [6.07, 6.45) is 7.84. The number of carbonyl (C=O) groups is 2. The normalized spacial score (nSPS) is 23.6. The molecule has 1 unspecified atom stereocenters. The zero-order chi connectivity index (χ0) is 14.1. The van der Waals surface area contributed by atoms with E-state index in [2.05, 4.69) is 10.3 Å². The number of anilines is 1. The number of nitrogens with zero attached hydrogens (tertiary/aromatic N) is 2. The van der Waals surface area contributed by atoms with E-state index in [0.29, 0.717) is 0 Å². The van der Waals surface area contributed by atoms with Crippen LogP contribution in [0.4, 0.5) is 5.69 Å². The summed E-state index contributed by atoms with van der Waals surface area (Å²) in [5.41, 5.74) is 1.85. The maximum Gasteiger partial charge on any atom is 0.252 e. The molecule has 106 valence electrons. The lowest BCUT2D eigenvalue weighted by atomic mass is 10.2. The van der Waals surface area contributed by atoms with Gasteiger partial charge in [0.15, 0.2) is 0 Å². The molecular weight excluding hydrogens is 254 g/mol. The van der Waals surface area contributed by atoms with E-state index in [1.54, 1.807) is 12.4 Å². The fourth-order valence-corrected chi connectivity index (χ4v) is 3.13. The Labute approximate surface area is 118 Å². The number of carbonyl (C=O) groups excluding carboxylic acids is 2. The van der Waals surface area contributed by atoms with Gasteiger partial charge in [-0.3, -0.25) is 19.5 Å². The van der Waals surface area contributed by atoms with Gasteiger partial charge in [0.2, 0.25) is 5.91 Å². The first kappa shape index (κ1) is 13.1. The van der Waals surface area contributed by atoms with Crippen LogP contribution in [0.15, 0.2) is 18.5 Å². The van der Waals surface area contributed by atoms with Crippen molar-refractivity contribution in [2.75, 3.05) is 5.32 Å². The van der Waals surface area contributed by atoms with Gasteiger partial charge in [-0.1, -0.05) is 12.8 Å². The van der Waals surface area contributed by atoms with Crippen LogP contribution < -0.4 is 5.32 Å². The fraction of sp³-hybridized carbons (Fsp3) is 0.533. The highest BCUT2D eigenvalue weighted by molar-refractivity contribution is 6.07. The molecule has 3 rings (SSSR count). The number of pyridine rings is 1. The predicted molar refractivity (Wildman–Crippen MR) is 75.1 cm³/mol. The number of imide groups is 1. The van der Waals surface area contributed by atoms with Gasteiger partial charge >= 0.3 is 0 Å². The molecule has 1 saturated heterocycles. The molecule has 0 spiro atoms. The Hall–Kier alpha value is -1.91. The van der Waals surface area contributed by atoms with Crippen molar-refractivity contribution in [3.8, 4) is 0 Å². The van der Waals surface area contributed by atoms with Crippen molar-refractivity contribution < 1.29 is 9.59 Å². The van der Waals surface area contributed by atoms with E-state index >= 15 is 0 Å². The Morgan fingerprint density at radius 2 is 2.05 bits per heavy atom. The molecule has 1 aliphatic carbocycles. The topological polar surface area (TPSA) is 62.3 Å². The van der Waals surface area contributed by atoms with E-state index in [0.717, 1.165) is 36.9 Å². The average Bonchev–Trinajstić information content (AvgIpc) is 3.02. The lowest BCUT2D eigenvalue weighted by Gasteiger charge is -2.22. The summed E-state index contributed by atoms with van der Waals surface area (Å²) < 4.78 is 0. The summed E-state index contributed by atoms with van der Waals surface area (Å²) in [7, 11) is 0. The van der Waals surface area contributed by atoms with Gasteiger partial charge in [0.05, 0.1) is 6.42 Å². The summed E-state index contributed by atoms with van der Waals surface area (Å²) >= 11 is 0. The monoisotopic (exact) mass is 273 g/mol. The van der Waals surface area contributed by atoms with Crippen molar-refractivity contribution in [3.63, 3.8) is 0 Å². The van der Waals surface area contributed by atoms with Gasteiger partial charge in [-0.2, -0.15) is 0 Å². The molecule has 2 aliphatic rings. The van der Waals surface area contributed by atoms with E-state index < -0.39 is 6.04 Å². The van der Waals surface area contributed by atoms with Crippen LogP contribution in [-0.2, 0) is 9.59 Å². The van der Waals surface area contributed by atoms with Crippen molar-refractivity contribution in [2.24, 2.45) is 0 Å². The Morgan fingerprint density at radius 3 is 2.75 bits per heavy atom. The van der Waals surface area contributed by atoms with Gasteiger partial charge in [-0.15, -0.1) is 0 Å². The molecule has 5 heteroatoms. The standard InChI is InChI=1S/C15H19N3O2/c1-10-9-16-7-6-12(10)17-13-8-14(19)18(15(13)20)11-4-2-3-5-11/h6-7,9,11,13H,2-5,8H2,1H3,(H,16,17). The van der Waals surface area contributed by atoms with Gasteiger partial charge in [0.25, 0.3) is 5.91 Å². The minimum absolute atomic E-state index is 0.0360. The second-order valence-electron chi connectivity index (χ2n) is 5.63. The second kappa shape index (κ2) is 5.23. The lowest BCUT2D eigenvalue weighted by Crippen LogP contribution is -2.41. The van der Waals surface area contributed by atoms with Gasteiger partial charge in [0, 0.05) is 24.1 Å². The largest absolute Gasteiger partial charge is 0.373 e. The molecule has 1 aromatic rings. The molecule has 2 heterocycles. The predicted octanol–water partition coefficient (Wildman–Crippen LogP) is 1.87. The van der Waals surface area contributed by atoms with Gasteiger partial charge < -0.3 is 5.32 Å². The Kier molecular flexibility index (Phi) is 3.42. The molecule has 0 bridgehead atoms. The van der Waals surface area contributed by atoms with Crippen LogP contribution in [0.3, 0.4) is 0 Å². The fourth-order valence-electron chi connectivity index (χ4n) is 3.13. The number of hydrogen-bond acceptors (Lipinski definition) is 4. The van der Waals surface area contributed by atoms with Crippen LogP contribution in [0.25, 0.3) is 0 Å². The maximum absolute atomic E-state index is 12.4. The highest BCUT2D eigenvalue weighted by atomic mass is 16.2. The number of likely N-dealkylation sites (tertiary alicyclic amines) is 1. The maximum atomic E-state index is 12.4. The third-order valence-corrected chi connectivity index (χ3v) is 4.22. The molecule has 1 aliphatic heterocycles. The molecule has 2 amide bonds. The molecule has 1 saturated carbocycles. The van der Waals surface area contributed by atoms with E-state index in [4.69, 9.17) is 0 Å². The van der Waals surface area contributed by atoms with Gasteiger partial charge in [-0.05, 0) is 31.4 Å². The molecule has 1 atom stereocenters. The number of rotatable bonds is 3. The van der Waals surface area contributed by atoms with E-state index in [1.807, 2.05) is 13.0 Å². The zero-order valence-corrected chi connectivity index (χ0v) is 11.6. The minimum Gasteiger partial charge on any atom is -0.373 e. The SMILES string of the molecule is Cc1cnccc1NC1CC(=O)N(C2CCCC2)C1=O. The first-order valence-corrected chi connectivity index (χ1v) is 7.20. The third-order valence-electron chi connectivity index (χ3n) is 4.22. The lowest BCUT2D eigenvalue weighted by molar-refractivity contribution is -0.141. The Morgan fingerprint density at radius 1 is 1.30 bits per heavy atom. The summed E-state index contributed by atoms with van der Waals surface area (Å²) in [6.45, 7) is 1.94.